The summed E-state index contributed by atoms with van der Waals surface area (Å²) in [7, 11) is 0. The number of fused-ring (bicyclic) bond motifs is 7. The first-order valence-electron chi connectivity index (χ1n) is 27.3. The topological polar surface area (TPSA) is 388 Å². The van der Waals surface area contributed by atoms with E-state index in [4.69, 9.17) is 37.9 Å². The van der Waals surface area contributed by atoms with Gasteiger partial charge in [-0.1, -0.05) is 52.3 Å². The zero-order valence-corrected chi connectivity index (χ0v) is 45.5. The Morgan fingerprint density at radius 2 is 1.27 bits per heavy atom. The summed E-state index contributed by atoms with van der Waals surface area (Å²) in [6, 6.07) is 0. The molecule has 8 rings (SSSR count). The highest BCUT2D eigenvalue weighted by Gasteiger charge is 2.73. The average molecular weight is 1120 g/mol. The minimum atomic E-state index is -2.16. The second-order valence-electron chi connectivity index (χ2n) is 24.8. The molecule has 24 heteroatoms. The van der Waals surface area contributed by atoms with Gasteiger partial charge in [0.25, 0.3) is 0 Å². The van der Waals surface area contributed by atoms with Gasteiger partial charge in [0.1, 0.15) is 79.4 Å². The molecule has 3 aliphatic heterocycles. The number of hydrogen-bond acceptors (Lipinski definition) is 23. The molecule has 0 bridgehead atoms. The van der Waals surface area contributed by atoms with E-state index in [9.17, 15) is 80.8 Å². The first kappa shape index (κ1) is 61.2. The second-order valence-corrected chi connectivity index (χ2v) is 24.8. The van der Waals surface area contributed by atoms with Crippen LogP contribution < -0.4 is 0 Å². The van der Waals surface area contributed by atoms with E-state index in [2.05, 4.69) is 26.8 Å². The average Bonchev–Trinajstić information content (AvgIpc) is 2.27. The zero-order chi connectivity index (χ0) is 57.5. The summed E-state index contributed by atoms with van der Waals surface area (Å²) in [4.78, 5) is 39.4. The molecule has 5 aliphatic carbocycles. The first-order chi connectivity index (χ1) is 36.6. The lowest BCUT2D eigenvalue weighted by Crippen LogP contribution is -2.72. The maximum atomic E-state index is 13.4. The molecule has 27 atom stereocenters. The Balaban J connectivity index is 1.10. The van der Waals surface area contributed by atoms with E-state index in [1.807, 2.05) is 13.8 Å². The van der Waals surface area contributed by atoms with E-state index >= 15 is 0 Å². The molecular formula is C54H84O24. The summed E-state index contributed by atoms with van der Waals surface area (Å²) >= 11 is 0. The fourth-order valence-corrected chi connectivity index (χ4v) is 15.8. The zero-order valence-electron chi connectivity index (χ0n) is 45.5. The van der Waals surface area contributed by atoms with Gasteiger partial charge in [0, 0.05) is 30.4 Å². The number of aliphatic hydroxyl groups excluding tert-OH is 12. The van der Waals surface area contributed by atoms with Crippen molar-refractivity contribution in [1.29, 1.82) is 0 Å². The van der Waals surface area contributed by atoms with Gasteiger partial charge < -0.3 is 104 Å². The standard InChI is InChI=1S/C54H84O24/c1-9-22(2)46(70)78-43-44(71-23(3)59)54(21-58)27(16-50(43,4)5)26-10-11-31-51(6)14-13-28(24(18-55)25(51)12-15-52(31,7)53(26,8)17-32(54)60)72-49-41(76-48-38(66)36(64)34(62)30(20-57)74-48)39(67)40(42(77-49)45(68)69)75-47-37(65)35(63)33(61)29(19-56)73-47/h9-10,24-25,27-44,47-49,55-58,60-67H,11-21H2,1-8H3,(H,68,69)/b22-9+/t24-,25?,27?,28+,29-,30-,31-,32-,33-,34-,35+,36+,37-,38-,39+,40+,41-,42+,43+,44+,47+,48+,49-,51+,52-,53+,54+/m1/s1. The Labute approximate surface area is 452 Å². The number of carboxylic acids is 1. The molecule has 0 radical (unpaired) electrons. The third-order valence-corrected chi connectivity index (χ3v) is 20.5. The monoisotopic (exact) mass is 1120 g/mol. The van der Waals surface area contributed by atoms with Crippen molar-refractivity contribution in [3.05, 3.63) is 23.3 Å². The van der Waals surface area contributed by atoms with Crippen LogP contribution in [0.2, 0.25) is 0 Å². The van der Waals surface area contributed by atoms with Gasteiger partial charge in [-0.15, -0.1) is 0 Å². The van der Waals surface area contributed by atoms with Crippen molar-refractivity contribution >= 4 is 17.9 Å². The summed E-state index contributed by atoms with van der Waals surface area (Å²) in [6.07, 6.45) is -26.2. The van der Waals surface area contributed by atoms with Crippen molar-refractivity contribution < 1.29 is 119 Å². The molecular weight excluding hydrogens is 1030 g/mol. The Kier molecular flexibility index (Phi) is 17.8. The Morgan fingerprint density at radius 3 is 1.79 bits per heavy atom. The lowest BCUT2D eigenvalue weighted by atomic mass is 9.34. The van der Waals surface area contributed by atoms with E-state index in [1.54, 1.807) is 19.9 Å². The SMILES string of the molecule is C/C=C(\C)C(=O)O[C@H]1[C@H](OC(C)=O)[C@@]2(CO)C(CC1(C)C)C1=CC[C@@H]3[C@@]4(C)CC[C@H](O[C@@H]5O[C@H](C(=O)O)[C@@H](O[C@@H]6O[C@H](CO)[C@@H](O)[C@H](O)[C@H]6O)[C@H](O)[C@H]5O[C@@H]5O[C@H](CO)[C@@H](O)[C@H](O)[C@H]5O)[C@H](CO)C4CC[C@@]3(C)[C@@]1(C)C[C@H]2O. The fraction of sp³-hybridized carbons (Fsp3) is 0.870. The highest BCUT2D eigenvalue weighted by Crippen LogP contribution is 2.75. The Bertz CT molecular complexity index is 2240. The van der Waals surface area contributed by atoms with Crippen molar-refractivity contribution in [2.24, 2.45) is 50.7 Å². The van der Waals surface area contributed by atoms with Gasteiger partial charge in [0.05, 0.1) is 37.4 Å². The van der Waals surface area contributed by atoms with Crippen LogP contribution >= 0.6 is 0 Å². The quantitative estimate of drug-likeness (QED) is 0.0399. The molecule has 3 heterocycles. The van der Waals surface area contributed by atoms with Crippen molar-refractivity contribution in [3.63, 3.8) is 0 Å². The van der Waals surface area contributed by atoms with E-state index in [0.29, 0.717) is 37.7 Å². The maximum Gasteiger partial charge on any atom is 0.335 e. The number of aliphatic carboxylic acids is 1. The van der Waals surface area contributed by atoms with Crippen LogP contribution in [-0.2, 0) is 52.3 Å². The van der Waals surface area contributed by atoms with Gasteiger partial charge in [-0.3, -0.25) is 4.79 Å². The number of carboxylic acid groups (broad SMARTS) is 1. The van der Waals surface area contributed by atoms with Crippen LogP contribution in [-0.4, -0.2) is 227 Å². The van der Waals surface area contributed by atoms with Crippen molar-refractivity contribution in [2.45, 2.75) is 217 Å². The van der Waals surface area contributed by atoms with Crippen LogP contribution in [0.5, 0.6) is 0 Å². The molecule has 0 amide bonds. The highest BCUT2D eigenvalue weighted by molar-refractivity contribution is 5.87. The predicted octanol–water partition coefficient (Wildman–Crippen LogP) is -1.71. The van der Waals surface area contributed by atoms with Gasteiger partial charge >= 0.3 is 17.9 Å². The highest BCUT2D eigenvalue weighted by atomic mass is 16.8. The van der Waals surface area contributed by atoms with Crippen LogP contribution in [0.4, 0.5) is 0 Å². The minimum absolute atomic E-state index is 0.0635. The third-order valence-electron chi connectivity index (χ3n) is 20.5. The molecule has 0 spiro atoms. The van der Waals surface area contributed by atoms with Crippen molar-refractivity contribution in [1.82, 2.24) is 0 Å². The van der Waals surface area contributed by atoms with Crippen LogP contribution in [0.15, 0.2) is 23.3 Å². The van der Waals surface area contributed by atoms with Gasteiger partial charge in [-0.05, 0) is 92.8 Å². The molecule has 2 unspecified atom stereocenters. The summed E-state index contributed by atoms with van der Waals surface area (Å²) < 4.78 is 47.9. The largest absolute Gasteiger partial charge is 0.479 e. The van der Waals surface area contributed by atoms with Crippen molar-refractivity contribution in [3.8, 4) is 0 Å². The number of ether oxygens (including phenoxy) is 8. The number of hydrogen-bond donors (Lipinski definition) is 13. The molecule has 7 fully saturated rings. The molecule has 3 saturated heterocycles. The lowest BCUT2D eigenvalue weighted by molar-refractivity contribution is -0.389. The number of allylic oxidation sites excluding steroid dienone is 3. The second kappa shape index (κ2) is 22.7. The number of carbonyl (C=O) groups is 3. The fourth-order valence-electron chi connectivity index (χ4n) is 15.8. The molecule has 8 aliphatic rings. The Morgan fingerprint density at radius 1 is 0.679 bits per heavy atom. The van der Waals surface area contributed by atoms with E-state index in [1.165, 1.54) is 6.92 Å². The summed E-state index contributed by atoms with van der Waals surface area (Å²) in [5.41, 5.74) is -2.56. The summed E-state index contributed by atoms with van der Waals surface area (Å²) in [6.45, 7) is 12.3. The number of rotatable bonds is 14. The van der Waals surface area contributed by atoms with E-state index < -0.39 is 200 Å². The van der Waals surface area contributed by atoms with Crippen molar-refractivity contribution in [2.75, 3.05) is 26.4 Å². The minimum Gasteiger partial charge on any atom is -0.479 e. The van der Waals surface area contributed by atoms with Crippen LogP contribution in [0, 0.1) is 50.7 Å². The smallest absolute Gasteiger partial charge is 0.335 e. The molecule has 0 aromatic rings. The maximum absolute atomic E-state index is 13.4. The van der Waals surface area contributed by atoms with Crippen LogP contribution in [0.25, 0.3) is 0 Å². The molecule has 4 saturated carbocycles. The number of esters is 2. The van der Waals surface area contributed by atoms with E-state index in [-0.39, 0.29) is 24.7 Å². The molecule has 0 aromatic carbocycles. The lowest BCUT2D eigenvalue weighted by Gasteiger charge is -2.72. The molecule has 13 N–H and O–H groups in total. The normalized spacial score (nSPS) is 50.2. The molecule has 0 aromatic heterocycles. The van der Waals surface area contributed by atoms with Gasteiger partial charge in [0.2, 0.25) is 0 Å². The predicted molar refractivity (Wildman–Crippen MR) is 264 cm³/mol. The summed E-state index contributed by atoms with van der Waals surface area (Å²) in [5.74, 6) is -4.45. The van der Waals surface area contributed by atoms with E-state index in [0.717, 1.165) is 5.57 Å². The van der Waals surface area contributed by atoms with Crippen LogP contribution in [0.3, 0.4) is 0 Å². The van der Waals surface area contributed by atoms with Gasteiger partial charge in [-0.25, -0.2) is 9.59 Å². The summed E-state index contributed by atoms with van der Waals surface area (Å²) in [5, 5.41) is 142. The molecule has 78 heavy (non-hydrogen) atoms. The number of aliphatic hydroxyl groups is 12. The van der Waals surface area contributed by atoms with Gasteiger partial charge in [0.15, 0.2) is 25.0 Å². The third kappa shape index (κ3) is 9.90. The Hall–Kier alpha value is -2.83. The first-order valence-corrected chi connectivity index (χ1v) is 27.3. The molecule has 444 valence electrons. The van der Waals surface area contributed by atoms with Gasteiger partial charge in [-0.2, -0.15) is 0 Å². The van der Waals surface area contributed by atoms with Crippen LogP contribution in [0.1, 0.15) is 100 Å². The molecule has 24 nitrogen and oxygen atoms in total. The number of carbonyl (C=O) groups excluding carboxylic acids is 2.